The smallest absolute Gasteiger partial charge is 0.280 e. The molecule has 2 heterocycles. The van der Waals surface area contributed by atoms with Gasteiger partial charge in [-0.25, -0.2) is 26.9 Å². The third kappa shape index (κ3) is 10.2. The lowest BCUT2D eigenvalue weighted by Crippen LogP contribution is -2.24. The minimum atomic E-state index is -0.872. The van der Waals surface area contributed by atoms with Crippen molar-refractivity contribution in [3.05, 3.63) is 108 Å². The van der Waals surface area contributed by atoms with Crippen LogP contribution in [0.25, 0.3) is 0 Å². The molecule has 200 valence electrons. The number of hydrogen-bond acceptors (Lipinski definition) is 5. The maximum absolute atomic E-state index is 12.9. The van der Waals surface area contributed by atoms with Crippen LogP contribution in [0.3, 0.4) is 0 Å². The number of benzene rings is 2. The highest BCUT2D eigenvalue weighted by Gasteiger charge is 2.10. The monoisotopic (exact) mass is 572 g/mol. The number of carbonyl (C=O) groups excluding carboxylic acids is 2. The summed E-state index contributed by atoms with van der Waals surface area (Å²) in [4.78, 5) is 25.5. The number of aromatic nitrogens is 4. The number of rotatable bonds is 2. The minimum absolute atomic E-state index is 0. The summed E-state index contributed by atoms with van der Waals surface area (Å²) < 4.78 is 52.9. The molecule has 0 aliphatic rings. The number of nitrogens with two attached hydrogens (primary N) is 2. The minimum Gasteiger partial charge on any atom is -0.368 e. The Morgan fingerprint density at radius 3 is 1.55 bits per heavy atom. The van der Waals surface area contributed by atoms with Crippen LogP contribution in [0, 0.1) is 28.7 Å². The van der Waals surface area contributed by atoms with Crippen molar-refractivity contribution in [2.75, 3.05) is 0 Å². The molecule has 0 unspecified atom stereocenters. The number of nitrogen functional groups attached to an aromatic ring is 1. The average Bonchev–Trinajstić information content (AvgIpc) is 3.53. The summed E-state index contributed by atoms with van der Waals surface area (Å²) in [5, 5.41) is 13.4. The highest BCUT2D eigenvalue weighted by molar-refractivity contribution is 6.67. The molecule has 38 heavy (non-hydrogen) atoms. The fraction of sp³-hybridized carbons (Fsp3) is 0. The Morgan fingerprint density at radius 2 is 1.21 bits per heavy atom. The molecule has 2 aromatic heterocycles. The molecular formula is C22H18Cl2F4N8O2. The lowest BCUT2D eigenvalue weighted by atomic mass is 10.2. The van der Waals surface area contributed by atoms with Crippen LogP contribution in [-0.2, 0) is 0 Å². The Morgan fingerprint density at radius 1 is 0.789 bits per heavy atom. The van der Waals surface area contributed by atoms with Gasteiger partial charge in [0.25, 0.3) is 11.1 Å². The fourth-order valence-corrected chi connectivity index (χ4v) is 2.49. The first-order chi connectivity index (χ1) is 17.5. The van der Waals surface area contributed by atoms with E-state index in [1.807, 2.05) is 0 Å². The molecular weight excluding hydrogens is 555 g/mol. The lowest BCUT2D eigenvalue weighted by Gasteiger charge is -2.00. The molecule has 0 atom stereocenters. The van der Waals surface area contributed by atoms with E-state index in [9.17, 15) is 27.2 Å². The van der Waals surface area contributed by atoms with Gasteiger partial charge in [-0.2, -0.15) is 15.2 Å². The third-order valence-corrected chi connectivity index (χ3v) is 4.12. The molecule has 16 heteroatoms. The van der Waals surface area contributed by atoms with Gasteiger partial charge in [-0.3, -0.25) is 15.0 Å². The summed E-state index contributed by atoms with van der Waals surface area (Å²) in [5.74, 6) is -4.42. The quantitative estimate of drug-likeness (QED) is 0.144. The predicted octanol–water partition coefficient (Wildman–Crippen LogP) is 3.55. The normalized spacial score (nSPS) is 10.2. The molecule has 0 aliphatic heterocycles. The van der Waals surface area contributed by atoms with Crippen molar-refractivity contribution >= 4 is 47.1 Å². The Hall–Kier alpha value is -4.56. The topological polar surface area (TPSA) is 158 Å². The van der Waals surface area contributed by atoms with Gasteiger partial charge in [0.05, 0.1) is 0 Å². The van der Waals surface area contributed by atoms with Gasteiger partial charge in [0.1, 0.15) is 23.3 Å². The fourth-order valence-electron chi connectivity index (χ4n) is 2.38. The summed E-state index contributed by atoms with van der Waals surface area (Å²) >= 11 is 4.97. The first-order valence-electron chi connectivity index (χ1n) is 9.81. The van der Waals surface area contributed by atoms with Gasteiger partial charge in [-0.05, 0) is 48.0 Å². The highest BCUT2D eigenvalue weighted by Crippen LogP contribution is 2.10. The van der Waals surface area contributed by atoms with Crippen molar-refractivity contribution in [3.8, 4) is 0 Å². The maximum Gasteiger partial charge on any atom is 0.280 e. The van der Waals surface area contributed by atoms with E-state index in [1.54, 1.807) is 24.5 Å². The van der Waals surface area contributed by atoms with Gasteiger partial charge >= 0.3 is 0 Å². The Kier molecular flexibility index (Phi) is 12.3. The molecule has 2 aromatic carbocycles. The van der Waals surface area contributed by atoms with Crippen molar-refractivity contribution in [2.45, 2.75) is 0 Å². The number of amides is 1. The number of hydrogen-bond donors (Lipinski definition) is 3. The summed E-state index contributed by atoms with van der Waals surface area (Å²) in [6.45, 7) is 0. The van der Waals surface area contributed by atoms with Gasteiger partial charge in [-0.15, -0.1) is 12.4 Å². The maximum atomic E-state index is 12.9. The van der Waals surface area contributed by atoms with Crippen molar-refractivity contribution in [1.82, 2.24) is 19.6 Å². The van der Waals surface area contributed by atoms with E-state index in [0.29, 0.717) is 12.1 Å². The van der Waals surface area contributed by atoms with Crippen LogP contribution in [0.1, 0.15) is 20.7 Å². The van der Waals surface area contributed by atoms with Crippen molar-refractivity contribution < 1.29 is 27.2 Å². The lowest BCUT2D eigenvalue weighted by molar-refractivity contribution is 0.100. The van der Waals surface area contributed by atoms with E-state index >= 15 is 0 Å². The van der Waals surface area contributed by atoms with Crippen molar-refractivity contribution in [2.24, 2.45) is 16.5 Å². The van der Waals surface area contributed by atoms with E-state index in [2.05, 4.69) is 15.2 Å². The number of nitrogens with one attached hydrogen (secondary N) is 1. The van der Waals surface area contributed by atoms with E-state index in [-0.39, 0.29) is 35.5 Å². The molecule has 0 saturated carbocycles. The second-order valence-corrected chi connectivity index (χ2v) is 6.99. The largest absolute Gasteiger partial charge is 0.368 e. The molecule has 1 amide bonds. The number of nitrogens with zero attached hydrogens (tertiary/aromatic N) is 5. The standard InChI is InChI=1S/C11H8F2N4O.C7H3ClF2O.C4H6N4.ClH/c12-8-4-7(5-9(13)6-8)10(18)16-11(14)17-3-1-2-15-17;8-7(11)4-1-5(9)3-6(10)2-4;5-4(6)8-3-1-2-7-8;/h1-6H,(H2,14,16,18);1-3H;1-3H,(H3,5,6);1H. The van der Waals surface area contributed by atoms with Crippen molar-refractivity contribution in [3.63, 3.8) is 0 Å². The second-order valence-electron chi connectivity index (χ2n) is 6.65. The molecule has 10 nitrogen and oxygen atoms in total. The van der Waals surface area contributed by atoms with E-state index < -0.39 is 34.4 Å². The van der Waals surface area contributed by atoms with Crippen LogP contribution in [0.5, 0.6) is 0 Å². The van der Waals surface area contributed by atoms with Gasteiger partial charge < -0.3 is 11.5 Å². The van der Waals surface area contributed by atoms with Gasteiger partial charge in [0.2, 0.25) is 11.9 Å². The van der Waals surface area contributed by atoms with E-state index in [4.69, 9.17) is 28.5 Å². The molecule has 0 aliphatic carbocycles. The first-order valence-corrected chi connectivity index (χ1v) is 10.2. The van der Waals surface area contributed by atoms with Gasteiger partial charge in [0, 0.05) is 48.0 Å². The molecule has 0 bridgehead atoms. The van der Waals surface area contributed by atoms with Crippen LogP contribution in [0.2, 0.25) is 0 Å². The molecule has 0 radical (unpaired) electrons. The number of halogens is 6. The molecule has 0 fully saturated rings. The van der Waals surface area contributed by atoms with Gasteiger partial charge in [0.15, 0.2) is 0 Å². The summed E-state index contributed by atoms with van der Waals surface area (Å²) in [6.07, 6.45) is 6.12. The molecule has 4 aromatic rings. The summed E-state index contributed by atoms with van der Waals surface area (Å²) in [5.41, 5.74) is 10.1. The molecule has 0 saturated heterocycles. The summed E-state index contributed by atoms with van der Waals surface area (Å²) in [6, 6.07) is 8.14. The predicted molar refractivity (Wildman–Crippen MR) is 133 cm³/mol. The average molecular weight is 573 g/mol. The highest BCUT2D eigenvalue weighted by atomic mass is 35.5. The first kappa shape index (κ1) is 31.5. The molecule has 5 N–H and O–H groups in total. The zero-order valence-corrected chi connectivity index (χ0v) is 20.5. The van der Waals surface area contributed by atoms with Crippen molar-refractivity contribution in [1.29, 1.82) is 5.41 Å². The zero-order chi connectivity index (χ0) is 27.5. The zero-order valence-electron chi connectivity index (χ0n) is 18.9. The van der Waals surface area contributed by atoms with Crippen LogP contribution in [0.15, 0.2) is 78.3 Å². The Bertz CT molecular complexity index is 1370. The Labute approximate surface area is 223 Å². The number of aliphatic imine (C=N–C) groups is 1. The van der Waals surface area contributed by atoms with Gasteiger partial charge in [-0.1, -0.05) is 0 Å². The number of carbonyl (C=O) groups is 2. The van der Waals surface area contributed by atoms with E-state index in [1.165, 1.54) is 17.1 Å². The van der Waals surface area contributed by atoms with Crippen LogP contribution < -0.4 is 11.5 Å². The Balaban J connectivity index is 0.000000309. The van der Waals surface area contributed by atoms with Crippen LogP contribution >= 0.6 is 24.0 Å². The summed E-state index contributed by atoms with van der Waals surface area (Å²) in [7, 11) is 0. The SMILES string of the molecule is Cl.N=C(N)n1cccn1.NC(=NC(=O)c1cc(F)cc(F)c1)n1cccn1.O=C(Cl)c1cc(F)cc(F)c1. The van der Waals surface area contributed by atoms with Crippen LogP contribution in [-0.4, -0.2) is 42.6 Å². The van der Waals surface area contributed by atoms with E-state index in [0.717, 1.165) is 28.9 Å². The molecule has 0 spiro atoms. The third-order valence-electron chi connectivity index (χ3n) is 3.91. The molecule has 4 rings (SSSR count). The second kappa shape index (κ2) is 14.9. The van der Waals surface area contributed by atoms with Crippen LogP contribution in [0.4, 0.5) is 17.6 Å².